The second-order valence-corrected chi connectivity index (χ2v) is 9.44. The van der Waals surface area contributed by atoms with Crippen molar-refractivity contribution in [1.29, 1.82) is 0 Å². The second kappa shape index (κ2) is 7.25. The normalized spacial score (nSPS) is 25.2. The van der Waals surface area contributed by atoms with Gasteiger partial charge in [0.05, 0.1) is 44.0 Å². The third-order valence-electron chi connectivity index (χ3n) is 6.65. The third kappa shape index (κ3) is 2.82. The van der Waals surface area contributed by atoms with Crippen LogP contribution in [0.1, 0.15) is 19.4 Å². The number of amides is 1. The van der Waals surface area contributed by atoms with Gasteiger partial charge in [-0.3, -0.25) is 4.79 Å². The maximum Gasteiger partial charge on any atom is 0.354 e. The number of rotatable bonds is 5. The van der Waals surface area contributed by atoms with E-state index in [0.29, 0.717) is 12.2 Å². The number of fused-ring (bicyclic) bond motifs is 1. The first kappa shape index (κ1) is 20.4. The van der Waals surface area contributed by atoms with Crippen LogP contribution in [0.15, 0.2) is 46.5 Å². The molecule has 3 aliphatic heterocycles. The molecule has 1 saturated heterocycles. The highest BCUT2D eigenvalue weighted by Gasteiger charge is 2.60. The van der Waals surface area contributed by atoms with Crippen LogP contribution in [-0.2, 0) is 20.9 Å². The fourth-order valence-electron chi connectivity index (χ4n) is 5.17. The Labute approximate surface area is 184 Å². The summed E-state index contributed by atoms with van der Waals surface area (Å²) in [5.74, 6) is -1.37. The zero-order valence-corrected chi connectivity index (χ0v) is 18.3. The fourth-order valence-corrected chi connectivity index (χ4v) is 6.31. The second-order valence-electron chi connectivity index (χ2n) is 8.37. The van der Waals surface area contributed by atoms with E-state index in [2.05, 4.69) is 10.4 Å². The van der Waals surface area contributed by atoms with Crippen LogP contribution in [0.4, 0.5) is 5.69 Å². The standard InChI is InChI=1S/C23H24N2O5S/c1-11-15(21(23(29)30-3)25-20(11)18(12(2)27)22(25)28)9-24-16-8-13(10-26)7-14-5-4-6-17(31-24)19(14)16/h4-8,11-12,18,20,26-27H,9-10H2,1-3H3. The molecule has 0 spiro atoms. The van der Waals surface area contributed by atoms with E-state index in [9.17, 15) is 19.8 Å². The molecule has 4 atom stereocenters. The molecule has 0 saturated carbocycles. The summed E-state index contributed by atoms with van der Waals surface area (Å²) in [7, 11) is 1.32. The predicted molar refractivity (Wildman–Crippen MR) is 117 cm³/mol. The SMILES string of the molecule is COC(=O)C1=C(CN2Sc3cccc4cc(CO)cc2c34)C(C)C2C(C(C)O)C(=O)N12. The Morgan fingerprint density at radius 2 is 2.10 bits per heavy atom. The van der Waals surface area contributed by atoms with Gasteiger partial charge in [0.1, 0.15) is 5.70 Å². The molecule has 2 aromatic carbocycles. The number of aliphatic hydroxyl groups is 2. The van der Waals surface area contributed by atoms with Gasteiger partial charge in [0.2, 0.25) is 5.91 Å². The van der Waals surface area contributed by atoms with Crippen molar-refractivity contribution in [2.75, 3.05) is 18.0 Å². The number of anilines is 1. The lowest BCUT2D eigenvalue weighted by atomic mass is 9.78. The molecule has 31 heavy (non-hydrogen) atoms. The lowest BCUT2D eigenvalue weighted by Gasteiger charge is -2.46. The zero-order chi connectivity index (χ0) is 22.0. The summed E-state index contributed by atoms with van der Waals surface area (Å²) in [6.45, 7) is 3.99. The van der Waals surface area contributed by atoms with Crippen molar-refractivity contribution in [3.05, 3.63) is 47.2 Å². The Kier molecular flexibility index (Phi) is 4.76. The number of methoxy groups -OCH3 is 1. The Hall–Kier alpha value is -2.55. The molecule has 1 fully saturated rings. The van der Waals surface area contributed by atoms with Crippen LogP contribution in [0.25, 0.3) is 10.8 Å². The summed E-state index contributed by atoms with van der Waals surface area (Å²) >= 11 is 1.59. The fraction of sp³-hybridized carbons (Fsp3) is 0.391. The van der Waals surface area contributed by atoms with E-state index >= 15 is 0 Å². The van der Waals surface area contributed by atoms with Crippen molar-refractivity contribution in [2.24, 2.45) is 11.8 Å². The molecule has 2 N–H and O–H groups in total. The lowest BCUT2D eigenvalue weighted by molar-refractivity contribution is -0.163. The van der Waals surface area contributed by atoms with Gasteiger partial charge in [-0.1, -0.05) is 19.1 Å². The molecule has 7 nitrogen and oxygen atoms in total. The molecule has 0 bridgehead atoms. The van der Waals surface area contributed by atoms with Gasteiger partial charge in [0.15, 0.2) is 0 Å². The first-order chi connectivity index (χ1) is 14.9. The van der Waals surface area contributed by atoms with Crippen LogP contribution >= 0.6 is 11.9 Å². The molecule has 2 aromatic rings. The van der Waals surface area contributed by atoms with Gasteiger partial charge in [0.25, 0.3) is 0 Å². The minimum atomic E-state index is -0.777. The maximum atomic E-state index is 12.7. The van der Waals surface area contributed by atoms with Gasteiger partial charge in [-0.15, -0.1) is 0 Å². The van der Waals surface area contributed by atoms with E-state index < -0.39 is 18.0 Å². The molecule has 0 radical (unpaired) electrons. The first-order valence-corrected chi connectivity index (χ1v) is 11.1. The number of ether oxygens (including phenoxy) is 1. The molecular weight excluding hydrogens is 416 g/mol. The summed E-state index contributed by atoms with van der Waals surface area (Å²) < 4.78 is 7.13. The third-order valence-corrected chi connectivity index (χ3v) is 7.73. The topological polar surface area (TPSA) is 90.3 Å². The van der Waals surface area contributed by atoms with E-state index in [1.807, 2.05) is 31.2 Å². The number of carbonyl (C=O) groups is 2. The monoisotopic (exact) mass is 440 g/mol. The van der Waals surface area contributed by atoms with E-state index in [-0.39, 0.29) is 24.5 Å². The van der Waals surface area contributed by atoms with E-state index in [1.165, 1.54) is 12.0 Å². The summed E-state index contributed by atoms with van der Waals surface area (Å²) in [5, 5.41) is 22.0. The van der Waals surface area contributed by atoms with Gasteiger partial charge in [-0.25, -0.2) is 4.79 Å². The molecule has 5 rings (SSSR count). The summed E-state index contributed by atoms with van der Waals surface area (Å²) in [6, 6.07) is 9.80. The van der Waals surface area contributed by atoms with Crippen LogP contribution in [0.2, 0.25) is 0 Å². The Bertz CT molecular complexity index is 1140. The molecule has 4 unspecified atom stereocenters. The quantitative estimate of drug-likeness (QED) is 0.419. The van der Waals surface area contributed by atoms with E-state index in [1.54, 1.807) is 18.9 Å². The number of hydrogen-bond acceptors (Lipinski definition) is 7. The number of β-lactam (4-membered cyclic amide) rings is 1. The highest BCUT2D eigenvalue weighted by molar-refractivity contribution is 8.01. The predicted octanol–water partition coefficient (Wildman–Crippen LogP) is 2.44. The molecular formula is C23H24N2O5S. The van der Waals surface area contributed by atoms with Gasteiger partial charge >= 0.3 is 5.97 Å². The minimum absolute atomic E-state index is 0.0569. The Morgan fingerprint density at radius 3 is 2.77 bits per heavy atom. The van der Waals surface area contributed by atoms with Crippen LogP contribution in [0, 0.1) is 11.8 Å². The smallest absolute Gasteiger partial charge is 0.354 e. The number of esters is 1. The summed E-state index contributed by atoms with van der Waals surface area (Å²) in [4.78, 5) is 28.0. The van der Waals surface area contributed by atoms with Gasteiger partial charge in [-0.2, -0.15) is 0 Å². The minimum Gasteiger partial charge on any atom is -0.464 e. The maximum absolute atomic E-state index is 12.7. The zero-order valence-electron chi connectivity index (χ0n) is 17.5. The highest BCUT2D eigenvalue weighted by Crippen LogP contribution is 2.51. The molecule has 162 valence electrons. The van der Waals surface area contributed by atoms with Crippen molar-refractivity contribution < 1.29 is 24.5 Å². The van der Waals surface area contributed by atoms with Crippen molar-refractivity contribution >= 4 is 40.3 Å². The largest absolute Gasteiger partial charge is 0.464 e. The van der Waals surface area contributed by atoms with Crippen LogP contribution in [-0.4, -0.2) is 52.8 Å². The number of aliphatic hydroxyl groups excluding tert-OH is 2. The average molecular weight is 441 g/mol. The molecule has 0 aliphatic carbocycles. The van der Waals surface area contributed by atoms with E-state index in [0.717, 1.165) is 32.5 Å². The van der Waals surface area contributed by atoms with Crippen LogP contribution in [0.3, 0.4) is 0 Å². The molecule has 1 amide bonds. The van der Waals surface area contributed by atoms with E-state index in [4.69, 9.17) is 4.74 Å². The summed E-state index contributed by atoms with van der Waals surface area (Å²) in [6.07, 6.45) is -0.777. The first-order valence-electron chi connectivity index (χ1n) is 10.3. The summed E-state index contributed by atoms with van der Waals surface area (Å²) in [5.41, 5.74) is 2.94. The number of hydrogen-bond donors (Lipinski definition) is 2. The number of carbonyl (C=O) groups excluding carboxylic acids is 2. The molecule has 3 heterocycles. The highest BCUT2D eigenvalue weighted by atomic mass is 32.2. The Balaban J connectivity index is 1.56. The van der Waals surface area contributed by atoms with Gasteiger partial charge < -0.3 is 24.2 Å². The van der Waals surface area contributed by atoms with Crippen LogP contribution in [0.5, 0.6) is 0 Å². The lowest BCUT2D eigenvalue weighted by Crippen LogP contribution is -2.63. The molecule has 0 aromatic heterocycles. The molecule has 3 aliphatic rings. The van der Waals surface area contributed by atoms with Crippen LogP contribution < -0.4 is 4.31 Å². The average Bonchev–Trinajstić information content (AvgIpc) is 3.22. The van der Waals surface area contributed by atoms with Crippen molar-refractivity contribution in [3.8, 4) is 0 Å². The van der Waals surface area contributed by atoms with Crippen molar-refractivity contribution in [2.45, 2.75) is 37.5 Å². The van der Waals surface area contributed by atoms with Gasteiger partial charge in [0, 0.05) is 16.2 Å². The van der Waals surface area contributed by atoms with Crippen molar-refractivity contribution in [1.82, 2.24) is 4.90 Å². The number of nitrogens with zero attached hydrogens (tertiary/aromatic N) is 2. The number of benzene rings is 2. The van der Waals surface area contributed by atoms with Gasteiger partial charge in [-0.05, 0) is 53.6 Å². The van der Waals surface area contributed by atoms with Crippen molar-refractivity contribution in [3.63, 3.8) is 0 Å². The Morgan fingerprint density at radius 1 is 1.32 bits per heavy atom. The molecule has 8 heteroatoms.